The highest BCUT2D eigenvalue weighted by Gasteiger charge is 2.27. The normalized spacial score (nSPS) is 16.9. The van der Waals surface area contributed by atoms with Crippen LogP contribution in [0.4, 0.5) is 11.6 Å². The van der Waals surface area contributed by atoms with Crippen LogP contribution in [0.25, 0.3) is 0 Å². The molecule has 0 bridgehead atoms. The highest BCUT2D eigenvalue weighted by Crippen LogP contribution is 2.31. The maximum Gasteiger partial charge on any atom is 0.246 e. The van der Waals surface area contributed by atoms with Gasteiger partial charge in [0, 0.05) is 17.8 Å². The smallest absolute Gasteiger partial charge is 0.246 e. The number of para-hydroxylation sites is 1. The van der Waals surface area contributed by atoms with Gasteiger partial charge in [0.05, 0.1) is 12.2 Å². The van der Waals surface area contributed by atoms with Crippen molar-refractivity contribution >= 4 is 17.5 Å². The minimum Gasteiger partial charge on any atom is -0.359 e. The third-order valence-corrected chi connectivity index (χ3v) is 4.04. The lowest BCUT2D eigenvalue weighted by atomic mass is 10.1. The maximum atomic E-state index is 12.3. The van der Waals surface area contributed by atoms with E-state index in [9.17, 15) is 4.79 Å². The molecule has 5 heteroatoms. The number of aromatic nitrogens is 1. The molecule has 0 saturated heterocycles. The van der Waals surface area contributed by atoms with Crippen LogP contribution in [-0.2, 0) is 11.2 Å². The van der Waals surface area contributed by atoms with Crippen molar-refractivity contribution in [2.75, 3.05) is 16.8 Å². The van der Waals surface area contributed by atoms with E-state index in [-0.39, 0.29) is 11.8 Å². The van der Waals surface area contributed by atoms with E-state index < -0.39 is 0 Å². The van der Waals surface area contributed by atoms with Crippen molar-refractivity contribution in [3.05, 3.63) is 41.6 Å². The Morgan fingerprint density at radius 1 is 1.45 bits per heavy atom. The largest absolute Gasteiger partial charge is 0.359 e. The zero-order valence-corrected chi connectivity index (χ0v) is 13.2. The minimum absolute atomic E-state index is 0.0880. The van der Waals surface area contributed by atoms with E-state index >= 15 is 0 Å². The average Bonchev–Trinajstić information content (AvgIpc) is 3.05. The standard InChI is InChI=1S/C17H21N3O2/c1-11(2)14-9-17(22-19-14)18-16(21)10-20-12(3)8-13-6-4-5-7-15(13)20/h4-7,9,11-12H,8,10H2,1-3H3,(H,18,21)/t12-/m1/s1. The van der Waals surface area contributed by atoms with Crippen LogP contribution in [-0.4, -0.2) is 23.7 Å². The molecule has 0 radical (unpaired) electrons. The zero-order valence-electron chi connectivity index (χ0n) is 13.2. The monoisotopic (exact) mass is 299 g/mol. The van der Waals surface area contributed by atoms with Gasteiger partial charge in [0.15, 0.2) is 0 Å². The second kappa shape index (κ2) is 5.83. The van der Waals surface area contributed by atoms with Crippen LogP contribution in [0.15, 0.2) is 34.9 Å². The van der Waals surface area contributed by atoms with E-state index in [2.05, 4.69) is 34.4 Å². The fraction of sp³-hybridized carbons (Fsp3) is 0.412. The third kappa shape index (κ3) is 2.84. The Labute approximate surface area is 130 Å². The molecule has 0 saturated carbocycles. The summed E-state index contributed by atoms with van der Waals surface area (Å²) in [5.41, 5.74) is 3.28. The van der Waals surface area contributed by atoms with Gasteiger partial charge in [0.25, 0.3) is 0 Å². The predicted octanol–water partition coefficient (Wildman–Crippen LogP) is 3.19. The molecule has 1 aliphatic rings. The van der Waals surface area contributed by atoms with Crippen LogP contribution in [0.1, 0.15) is 37.9 Å². The van der Waals surface area contributed by atoms with Crippen LogP contribution < -0.4 is 10.2 Å². The summed E-state index contributed by atoms with van der Waals surface area (Å²) in [6, 6.07) is 10.3. The van der Waals surface area contributed by atoms with Crippen LogP contribution in [0.5, 0.6) is 0 Å². The second-order valence-corrected chi connectivity index (χ2v) is 6.13. The number of carbonyl (C=O) groups excluding carboxylic acids is 1. The molecule has 1 aliphatic heterocycles. The molecule has 1 N–H and O–H groups in total. The Morgan fingerprint density at radius 2 is 2.23 bits per heavy atom. The summed E-state index contributed by atoms with van der Waals surface area (Å²) in [4.78, 5) is 14.4. The molecule has 0 spiro atoms. The Hall–Kier alpha value is -2.30. The van der Waals surface area contributed by atoms with E-state index in [1.54, 1.807) is 6.07 Å². The third-order valence-electron chi connectivity index (χ3n) is 4.04. The molecule has 1 aromatic carbocycles. The number of carbonyl (C=O) groups is 1. The molecule has 5 nitrogen and oxygen atoms in total. The fourth-order valence-electron chi connectivity index (χ4n) is 2.82. The molecule has 1 aromatic heterocycles. The van der Waals surface area contributed by atoms with Gasteiger partial charge in [-0.2, -0.15) is 0 Å². The molecule has 2 heterocycles. The van der Waals surface area contributed by atoms with Gasteiger partial charge < -0.3 is 9.42 Å². The first-order valence-electron chi connectivity index (χ1n) is 7.65. The lowest BCUT2D eigenvalue weighted by molar-refractivity contribution is -0.115. The number of rotatable bonds is 4. The van der Waals surface area contributed by atoms with Gasteiger partial charge in [-0.1, -0.05) is 37.2 Å². The van der Waals surface area contributed by atoms with Crippen molar-refractivity contribution in [3.63, 3.8) is 0 Å². The molecular formula is C17H21N3O2. The first-order chi connectivity index (χ1) is 10.5. The van der Waals surface area contributed by atoms with Crippen molar-refractivity contribution in [2.45, 2.75) is 39.2 Å². The molecule has 1 atom stereocenters. The van der Waals surface area contributed by atoms with E-state index in [1.165, 1.54) is 5.56 Å². The highest BCUT2D eigenvalue weighted by molar-refractivity contribution is 5.93. The SMILES string of the molecule is CC(C)c1cc(NC(=O)CN2c3ccccc3C[C@H]2C)on1. The topological polar surface area (TPSA) is 58.4 Å². The molecule has 0 fully saturated rings. The maximum absolute atomic E-state index is 12.3. The number of hydrogen-bond donors (Lipinski definition) is 1. The Balaban J connectivity index is 1.67. The number of nitrogens with one attached hydrogen (secondary N) is 1. The first-order valence-corrected chi connectivity index (χ1v) is 7.65. The van der Waals surface area contributed by atoms with Crippen molar-refractivity contribution in [1.82, 2.24) is 5.16 Å². The van der Waals surface area contributed by atoms with E-state index in [0.29, 0.717) is 18.5 Å². The Morgan fingerprint density at radius 3 is 2.95 bits per heavy atom. The molecule has 0 aliphatic carbocycles. The number of nitrogens with zero attached hydrogens (tertiary/aromatic N) is 2. The van der Waals surface area contributed by atoms with Gasteiger partial charge in [0.2, 0.25) is 11.8 Å². The van der Waals surface area contributed by atoms with Crippen molar-refractivity contribution in [3.8, 4) is 0 Å². The van der Waals surface area contributed by atoms with Gasteiger partial charge in [-0.05, 0) is 30.9 Å². The predicted molar refractivity (Wildman–Crippen MR) is 86.2 cm³/mol. The van der Waals surface area contributed by atoms with Gasteiger partial charge in [-0.3, -0.25) is 10.1 Å². The Kier molecular flexibility index (Phi) is 3.88. The number of benzene rings is 1. The molecule has 22 heavy (non-hydrogen) atoms. The Bertz CT molecular complexity index is 678. The van der Waals surface area contributed by atoms with E-state index in [0.717, 1.165) is 17.8 Å². The molecule has 2 aromatic rings. The summed E-state index contributed by atoms with van der Waals surface area (Å²) in [6.45, 7) is 6.52. The summed E-state index contributed by atoms with van der Waals surface area (Å²) in [5.74, 6) is 0.601. The molecule has 116 valence electrons. The highest BCUT2D eigenvalue weighted by atomic mass is 16.5. The quantitative estimate of drug-likeness (QED) is 0.942. The lowest BCUT2D eigenvalue weighted by Crippen LogP contribution is -2.37. The van der Waals surface area contributed by atoms with Gasteiger partial charge in [-0.25, -0.2) is 0 Å². The van der Waals surface area contributed by atoms with Crippen LogP contribution in [0, 0.1) is 0 Å². The molecule has 3 rings (SSSR count). The van der Waals surface area contributed by atoms with E-state index in [1.807, 2.05) is 26.0 Å². The average molecular weight is 299 g/mol. The first kappa shape index (κ1) is 14.6. The van der Waals surface area contributed by atoms with Crippen molar-refractivity contribution in [1.29, 1.82) is 0 Å². The van der Waals surface area contributed by atoms with Gasteiger partial charge in [-0.15, -0.1) is 0 Å². The van der Waals surface area contributed by atoms with Crippen LogP contribution in [0.3, 0.4) is 0 Å². The van der Waals surface area contributed by atoms with Gasteiger partial charge >= 0.3 is 0 Å². The van der Waals surface area contributed by atoms with Crippen LogP contribution >= 0.6 is 0 Å². The molecule has 0 unspecified atom stereocenters. The summed E-state index contributed by atoms with van der Waals surface area (Å²) in [5, 5.41) is 6.73. The fourth-order valence-corrected chi connectivity index (χ4v) is 2.82. The van der Waals surface area contributed by atoms with Gasteiger partial charge in [0.1, 0.15) is 0 Å². The number of anilines is 2. The number of hydrogen-bond acceptors (Lipinski definition) is 4. The zero-order chi connectivity index (χ0) is 15.7. The summed E-state index contributed by atoms with van der Waals surface area (Å²) in [6.07, 6.45) is 0.975. The summed E-state index contributed by atoms with van der Waals surface area (Å²) in [7, 11) is 0. The summed E-state index contributed by atoms with van der Waals surface area (Å²) < 4.78 is 5.16. The van der Waals surface area contributed by atoms with E-state index in [4.69, 9.17) is 4.52 Å². The second-order valence-electron chi connectivity index (χ2n) is 6.13. The number of fused-ring (bicyclic) bond motifs is 1. The molecule has 1 amide bonds. The minimum atomic E-state index is -0.0880. The van der Waals surface area contributed by atoms with Crippen molar-refractivity contribution in [2.24, 2.45) is 0 Å². The number of amides is 1. The van der Waals surface area contributed by atoms with Crippen LogP contribution in [0.2, 0.25) is 0 Å². The lowest BCUT2D eigenvalue weighted by Gasteiger charge is -2.23. The molecular weight excluding hydrogens is 278 g/mol. The summed E-state index contributed by atoms with van der Waals surface area (Å²) >= 11 is 0. The van der Waals surface area contributed by atoms with Crippen molar-refractivity contribution < 1.29 is 9.32 Å².